The molecule has 0 aliphatic heterocycles. The van der Waals surface area contributed by atoms with E-state index in [1.165, 1.54) is 0 Å². The number of carbonyl (C=O) groups excluding carboxylic acids is 1. The Hall–Kier alpha value is -3.07. The molecule has 4 rings (SSSR count). The van der Waals surface area contributed by atoms with Crippen molar-refractivity contribution in [1.82, 2.24) is 19.7 Å². The average Bonchev–Trinajstić information content (AvgIpc) is 3.47. The molecule has 0 aliphatic carbocycles. The molecular weight excluding hydrogens is 424 g/mol. The molecule has 1 aromatic carbocycles. The van der Waals surface area contributed by atoms with Crippen LogP contribution in [0.3, 0.4) is 0 Å². The van der Waals surface area contributed by atoms with E-state index >= 15 is 0 Å². The molecule has 0 atom stereocenters. The Balaban J connectivity index is 1.90. The predicted molar refractivity (Wildman–Crippen MR) is 127 cm³/mol. The quantitative estimate of drug-likeness (QED) is 0.382. The lowest BCUT2D eigenvalue weighted by atomic mass is 10.1. The Morgan fingerprint density at radius 2 is 1.78 bits per heavy atom. The molecule has 32 heavy (non-hydrogen) atoms. The van der Waals surface area contributed by atoms with Crippen LogP contribution in [0.25, 0.3) is 27.3 Å². The molecular formula is C24H26N4O3S. The summed E-state index contributed by atoms with van der Waals surface area (Å²) in [7, 11) is 3.26. The molecule has 1 amide bonds. The number of benzene rings is 1. The van der Waals surface area contributed by atoms with Crippen LogP contribution in [0.15, 0.2) is 53.9 Å². The molecule has 7 nitrogen and oxygen atoms in total. The number of para-hydroxylation sites is 1. The summed E-state index contributed by atoms with van der Waals surface area (Å²) in [4.78, 5) is 21.4. The van der Waals surface area contributed by atoms with Crippen molar-refractivity contribution in [3.8, 4) is 16.3 Å². The van der Waals surface area contributed by atoms with E-state index in [4.69, 9.17) is 19.6 Å². The normalized spacial score (nSPS) is 11.2. The van der Waals surface area contributed by atoms with Gasteiger partial charge in [-0.15, -0.1) is 11.3 Å². The van der Waals surface area contributed by atoms with Gasteiger partial charge < -0.3 is 14.4 Å². The summed E-state index contributed by atoms with van der Waals surface area (Å²) in [5.41, 5.74) is 3.67. The molecule has 4 aromatic rings. The highest BCUT2D eigenvalue weighted by atomic mass is 32.1. The van der Waals surface area contributed by atoms with Crippen LogP contribution in [0.2, 0.25) is 0 Å². The lowest BCUT2D eigenvalue weighted by Gasteiger charge is -2.22. The predicted octanol–water partition coefficient (Wildman–Crippen LogP) is 4.19. The summed E-state index contributed by atoms with van der Waals surface area (Å²) < 4.78 is 12.3. The maximum Gasteiger partial charge on any atom is 0.254 e. The van der Waals surface area contributed by atoms with Crippen LogP contribution in [0.5, 0.6) is 0 Å². The molecule has 0 unspecified atom stereocenters. The number of nitrogens with zero attached hydrogens (tertiary/aromatic N) is 4. The zero-order valence-electron chi connectivity index (χ0n) is 18.4. The lowest BCUT2D eigenvalue weighted by molar-refractivity contribution is 0.0629. The van der Waals surface area contributed by atoms with Crippen LogP contribution >= 0.6 is 11.3 Å². The van der Waals surface area contributed by atoms with Gasteiger partial charge in [-0.1, -0.05) is 24.3 Å². The summed E-state index contributed by atoms with van der Waals surface area (Å²) in [5.74, 6) is -0.0833. The van der Waals surface area contributed by atoms with Gasteiger partial charge in [0.15, 0.2) is 5.65 Å². The largest absolute Gasteiger partial charge is 0.383 e. The second-order valence-electron chi connectivity index (χ2n) is 7.34. The number of fused-ring (bicyclic) bond motifs is 1. The van der Waals surface area contributed by atoms with Crippen LogP contribution in [-0.4, -0.2) is 66.1 Å². The number of pyridine rings is 1. The maximum atomic E-state index is 13.7. The molecule has 0 bridgehead atoms. The number of carbonyl (C=O) groups is 1. The van der Waals surface area contributed by atoms with E-state index in [9.17, 15) is 4.79 Å². The average molecular weight is 451 g/mol. The Kier molecular flexibility index (Phi) is 6.94. The minimum Gasteiger partial charge on any atom is -0.383 e. The van der Waals surface area contributed by atoms with Gasteiger partial charge in [0, 0.05) is 27.3 Å². The van der Waals surface area contributed by atoms with Gasteiger partial charge in [-0.2, -0.15) is 5.10 Å². The van der Waals surface area contributed by atoms with Crippen molar-refractivity contribution in [2.75, 3.05) is 40.5 Å². The number of ether oxygens (including phenoxy) is 2. The highest BCUT2D eigenvalue weighted by molar-refractivity contribution is 7.13. The highest BCUT2D eigenvalue weighted by Gasteiger charge is 2.24. The van der Waals surface area contributed by atoms with E-state index in [0.29, 0.717) is 37.5 Å². The van der Waals surface area contributed by atoms with Crippen LogP contribution in [0.1, 0.15) is 16.1 Å². The van der Waals surface area contributed by atoms with Crippen molar-refractivity contribution >= 4 is 28.3 Å². The van der Waals surface area contributed by atoms with Crippen LogP contribution in [-0.2, 0) is 9.47 Å². The fourth-order valence-corrected chi connectivity index (χ4v) is 4.33. The van der Waals surface area contributed by atoms with E-state index < -0.39 is 0 Å². The van der Waals surface area contributed by atoms with Gasteiger partial charge in [-0.05, 0) is 36.6 Å². The minimum atomic E-state index is -0.0833. The van der Waals surface area contributed by atoms with Gasteiger partial charge in [-0.25, -0.2) is 9.67 Å². The smallest absolute Gasteiger partial charge is 0.254 e. The van der Waals surface area contributed by atoms with Crippen LogP contribution in [0.4, 0.5) is 0 Å². The van der Waals surface area contributed by atoms with E-state index in [0.717, 1.165) is 27.3 Å². The Bertz CT molecular complexity index is 1180. The standard InChI is InChI=1S/C24H26N4O3S/c1-17-22-19(24(29)27(11-13-30-2)12-14-31-3)16-20(21-10-7-15-32-21)25-23(22)28(26-17)18-8-5-4-6-9-18/h4-10,15-16H,11-14H2,1-3H3. The molecule has 3 aromatic heterocycles. The third-order valence-electron chi connectivity index (χ3n) is 5.24. The second kappa shape index (κ2) is 10.0. The fourth-order valence-electron chi connectivity index (χ4n) is 3.65. The van der Waals surface area contributed by atoms with E-state index in [1.807, 2.05) is 65.5 Å². The summed E-state index contributed by atoms with van der Waals surface area (Å²) in [6.07, 6.45) is 0. The Morgan fingerprint density at radius 3 is 2.41 bits per heavy atom. The summed E-state index contributed by atoms with van der Waals surface area (Å²) >= 11 is 1.59. The van der Waals surface area contributed by atoms with Crippen molar-refractivity contribution in [1.29, 1.82) is 0 Å². The number of aryl methyl sites for hydroxylation is 1. The minimum absolute atomic E-state index is 0.0833. The first-order chi connectivity index (χ1) is 15.6. The Morgan fingerprint density at radius 1 is 1.06 bits per heavy atom. The summed E-state index contributed by atoms with van der Waals surface area (Å²) in [6, 6.07) is 15.7. The lowest BCUT2D eigenvalue weighted by Crippen LogP contribution is -2.36. The van der Waals surface area contributed by atoms with Gasteiger partial charge in [0.1, 0.15) is 0 Å². The summed E-state index contributed by atoms with van der Waals surface area (Å²) in [6.45, 7) is 3.76. The number of hydrogen-bond donors (Lipinski definition) is 0. The molecule has 0 radical (unpaired) electrons. The fraction of sp³-hybridized carbons (Fsp3) is 0.292. The number of thiophene rings is 1. The SMILES string of the molecule is COCCN(CCOC)C(=O)c1cc(-c2cccs2)nc2c1c(C)nn2-c1ccccc1. The van der Waals surface area contributed by atoms with Crippen molar-refractivity contribution in [2.45, 2.75) is 6.92 Å². The van der Waals surface area contributed by atoms with Crippen molar-refractivity contribution in [3.05, 3.63) is 65.2 Å². The molecule has 0 aliphatic rings. The van der Waals surface area contributed by atoms with Crippen LogP contribution in [0, 0.1) is 6.92 Å². The van der Waals surface area contributed by atoms with Gasteiger partial charge in [0.05, 0.1) is 46.1 Å². The van der Waals surface area contributed by atoms with Crippen molar-refractivity contribution in [3.63, 3.8) is 0 Å². The molecule has 166 valence electrons. The van der Waals surface area contributed by atoms with E-state index in [2.05, 4.69) is 0 Å². The number of hydrogen-bond acceptors (Lipinski definition) is 6. The van der Waals surface area contributed by atoms with Gasteiger partial charge in [-0.3, -0.25) is 4.79 Å². The zero-order valence-corrected chi connectivity index (χ0v) is 19.3. The van der Waals surface area contributed by atoms with Crippen molar-refractivity contribution in [2.24, 2.45) is 0 Å². The number of rotatable bonds is 9. The number of aromatic nitrogens is 3. The maximum absolute atomic E-state index is 13.7. The third kappa shape index (κ3) is 4.43. The molecule has 0 N–H and O–H groups in total. The first kappa shape index (κ1) is 22.1. The third-order valence-corrected chi connectivity index (χ3v) is 6.13. The first-order valence-electron chi connectivity index (χ1n) is 10.4. The number of amides is 1. The molecule has 0 saturated heterocycles. The van der Waals surface area contributed by atoms with E-state index in [1.54, 1.807) is 30.5 Å². The van der Waals surface area contributed by atoms with Gasteiger partial charge in [0.25, 0.3) is 5.91 Å². The summed E-state index contributed by atoms with van der Waals surface area (Å²) in [5, 5.41) is 7.52. The van der Waals surface area contributed by atoms with Crippen LogP contribution < -0.4 is 0 Å². The van der Waals surface area contributed by atoms with E-state index in [-0.39, 0.29) is 5.91 Å². The molecule has 0 spiro atoms. The topological polar surface area (TPSA) is 69.5 Å². The van der Waals surface area contributed by atoms with Gasteiger partial charge in [0.2, 0.25) is 0 Å². The molecule has 8 heteroatoms. The monoisotopic (exact) mass is 450 g/mol. The zero-order chi connectivity index (χ0) is 22.5. The second-order valence-corrected chi connectivity index (χ2v) is 8.29. The number of methoxy groups -OCH3 is 2. The van der Waals surface area contributed by atoms with Crippen molar-refractivity contribution < 1.29 is 14.3 Å². The first-order valence-corrected chi connectivity index (χ1v) is 11.3. The molecule has 0 saturated carbocycles. The molecule has 0 fully saturated rings. The molecule has 3 heterocycles. The highest BCUT2D eigenvalue weighted by Crippen LogP contribution is 2.31. The van der Waals surface area contributed by atoms with Gasteiger partial charge >= 0.3 is 0 Å². The Labute approximate surface area is 191 Å².